The summed E-state index contributed by atoms with van der Waals surface area (Å²) in [4.78, 5) is 0. The molecule has 0 atom stereocenters. The lowest BCUT2D eigenvalue weighted by Gasteiger charge is -2.11. The average Bonchev–Trinajstić information content (AvgIpc) is 2.35. The van der Waals surface area contributed by atoms with Gasteiger partial charge in [-0.2, -0.15) is 5.10 Å². The van der Waals surface area contributed by atoms with E-state index in [9.17, 15) is 0 Å². The molecule has 1 aromatic carbocycles. The number of ether oxygens (including phenoxy) is 2. The zero-order chi connectivity index (χ0) is 12.0. The van der Waals surface area contributed by atoms with Crippen LogP contribution in [0.25, 0.3) is 5.76 Å². The molecule has 0 radical (unpaired) electrons. The predicted octanol–water partition coefficient (Wildman–Crippen LogP) is 2.73. The zero-order valence-corrected chi connectivity index (χ0v) is 9.78. The molecule has 0 aliphatic heterocycles. The van der Waals surface area contributed by atoms with Gasteiger partial charge in [0.1, 0.15) is 11.5 Å². The number of nitrogens with one attached hydrogen (secondary N) is 1. The topological polar surface area (TPSA) is 42.9 Å². The summed E-state index contributed by atoms with van der Waals surface area (Å²) in [6.45, 7) is 5.65. The number of benzene rings is 1. The minimum absolute atomic E-state index is 0.563. The molecule has 0 amide bonds. The highest BCUT2D eigenvalue weighted by Crippen LogP contribution is 2.27. The van der Waals surface area contributed by atoms with E-state index in [0.29, 0.717) is 5.76 Å². The van der Waals surface area contributed by atoms with Gasteiger partial charge in [0.15, 0.2) is 0 Å². The van der Waals surface area contributed by atoms with Crippen molar-refractivity contribution in [1.29, 1.82) is 0 Å². The fraction of sp³-hybridized carbons (Fsp3) is 0.250. The molecule has 0 heterocycles. The molecule has 0 fully saturated rings. The van der Waals surface area contributed by atoms with Crippen LogP contribution in [-0.4, -0.2) is 20.4 Å². The molecular formula is C12H16N2O2. The van der Waals surface area contributed by atoms with Crippen LogP contribution < -0.4 is 10.2 Å². The summed E-state index contributed by atoms with van der Waals surface area (Å²) in [7, 11) is 3.20. The second-order valence-electron chi connectivity index (χ2n) is 3.04. The van der Waals surface area contributed by atoms with Gasteiger partial charge < -0.3 is 9.47 Å². The SMILES string of the molecule is C=C(OC)c1cc(OC)ccc1N/N=C/C. The molecule has 0 aliphatic carbocycles. The zero-order valence-electron chi connectivity index (χ0n) is 9.78. The Kier molecular flexibility index (Phi) is 4.39. The maximum Gasteiger partial charge on any atom is 0.121 e. The Morgan fingerprint density at radius 3 is 2.75 bits per heavy atom. The summed E-state index contributed by atoms with van der Waals surface area (Å²) in [5.74, 6) is 1.31. The smallest absolute Gasteiger partial charge is 0.121 e. The van der Waals surface area contributed by atoms with Gasteiger partial charge in [0, 0.05) is 11.8 Å². The minimum Gasteiger partial charge on any atom is -0.497 e. The third-order valence-electron chi connectivity index (χ3n) is 2.09. The van der Waals surface area contributed by atoms with Gasteiger partial charge >= 0.3 is 0 Å². The molecule has 4 nitrogen and oxygen atoms in total. The Labute approximate surface area is 95.6 Å². The van der Waals surface area contributed by atoms with Crippen LogP contribution in [0, 0.1) is 0 Å². The van der Waals surface area contributed by atoms with Crippen molar-refractivity contribution in [2.75, 3.05) is 19.6 Å². The van der Waals surface area contributed by atoms with Gasteiger partial charge in [0.25, 0.3) is 0 Å². The van der Waals surface area contributed by atoms with Gasteiger partial charge in [-0.1, -0.05) is 6.58 Å². The van der Waals surface area contributed by atoms with Gasteiger partial charge in [-0.25, -0.2) is 0 Å². The summed E-state index contributed by atoms with van der Waals surface area (Å²) in [6.07, 6.45) is 1.67. The van der Waals surface area contributed by atoms with Crippen molar-refractivity contribution in [3.63, 3.8) is 0 Å². The Morgan fingerprint density at radius 2 is 2.19 bits per heavy atom. The van der Waals surface area contributed by atoms with E-state index in [2.05, 4.69) is 17.1 Å². The van der Waals surface area contributed by atoms with Crippen LogP contribution in [-0.2, 0) is 4.74 Å². The first-order valence-electron chi connectivity index (χ1n) is 4.88. The van der Waals surface area contributed by atoms with Crippen LogP contribution in [0.1, 0.15) is 12.5 Å². The lowest BCUT2D eigenvalue weighted by molar-refractivity contribution is 0.370. The maximum atomic E-state index is 5.15. The Balaban J connectivity index is 3.10. The molecule has 0 spiro atoms. The van der Waals surface area contributed by atoms with Gasteiger partial charge in [0.05, 0.1) is 19.9 Å². The second-order valence-corrected chi connectivity index (χ2v) is 3.04. The first-order valence-corrected chi connectivity index (χ1v) is 4.88. The van der Waals surface area contributed by atoms with E-state index in [1.165, 1.54) is 0 Å². The van der Waals surface area contributed by atoms with E-state index >= 15 is 0 Å². The molecule has 1 aromatic rings. The molecule has 16 heavy (non-hydrogen) atoms. The standard InChI is InChI=1S/C12H16N2O2/c1-5-13-14-12-7-6-10(16-4)8-11(12)9(2)15-3/h5-8,14H,2H2,1,3-4H3/b13-5+. The number of anilines is 1. The Hall–Kier alpha value is -1.97. The molecule has 0 saturated carbocycles. The van der Waals surface area contributed by atoms with Gasteiger partial charge in [0.2, 0.25) is 0 Å². The molecular weight excluding hydrogens is 204 g/mol. The van der Waals surface area contributed by atoms with E-state index in [0.717, 1.165) is 17.0 Å². The van der Waals surface area contributed by atoms with Crippen molar-refractivity contribution in [2.24, 2.45) is 5.10 Å². The number of hydrazone groups is 1. The van der Waals surface area contributed by atoms with Crippen molar-refractivity contribution in [1.82, 2.24) is 0 Å². The Bertz CT molecular complexity index is 400. The molecule has 0 unspecified atom stereocenters. The van der Waals surface area contributed by atoms with Crippen molar-refractivity contribution in [2.45, 2.75) is 6.92 Å². The Morgan fingerprint density at radius 1 is 1.44 bits per heavy atom. The van der Waals surface area contributed by atoms with Gasteiger partial charge in [-0.15, -0.1) is 0 Å². The van der Waals surface area contributed by atoms with Crippen molar-refractivity contribution >= 4 is 17.7 Å². The molecule has 0 aromatic heterocycles. The lowest BCUT2D eigenvalue weighted by Crippen LogP contribution is -1.96. The molecule has 1 rings (SSSR count). The molecule has 0 saturated heterocycles. The van der Waals surface area contributed by atoms with Crippen LogP contribution in [0.3, 0.4) is 0 Å². The summed E-state index contributed by atoms with van der Waals surface area (Å²) in [5, 5.41) is 3.96. The summed E-state index contributed by atoms with van der Waals surface area (Å²) in [6, 6.07) is 5.56. The van der Waals surface area contributed by atoms with Crippen LogP contribution in [0.15, 0.2) is 29.9 Å². The maximum absolute atomic E-state index is 5.15. The quantitative estimate of drug-likeness (QED) is 0.471. The fourth-order valence-corrected chi connectivity index (χ4v) is 1.22. The molecule has 0 aliphatic rings. The van der Waals surface area contributed by atoms with Crippen LogP contribution >= 0.6 is 0 Å². The van der Waals surface area contributed by atoms with Gasteiger partial charge in [-0.05, 0) is 25.1 Å². The lowest BCUT2D eigenvalue weighted by atomic mass is 10.1. The largest absolute Gasteiger partial charge is 0.497 e. The van der Waals surface area contributed by atoms with E-state index in [4.69, 9.17) is 9.47 Å². The molecule has 1 N–H and O–H groups in total. The second kappa shape index (κ2) is 5.80. The number of hydrogen-bond donors (Lipinski definition) is 1. The van der Waals surface area contributed by atoms with Crippen molar-refractivity contribution in [3.8, 4) is 5.75 Å². The normalized spacial score (nSPS) is 10.2. The fourth-order valence-electron chi connectivity index (χ4n) is 1.22. The minimum atomic E-state index is 0.563. The summed E-state index contributed by atoms with van der Waals surface area (Å²) in [5.41, 5.74) is 4.55. The highest BCUT2D eigenvalue weighted by atomic mass is 16.5. The monoisotopic (exact) mass is 220 g/mol. The van der Waals surface area contributed by atoms with Crippen LogP contribution in [0.5, 0.6) is 5.75 Å². The first-order chi connectivity index (χ1) is 7.72. The average molecular weight is 220 g/mol. The first kappa shape index (κ1) is 12.1. The highest BCUT2D eigenvalue weighted by Gasteiger charge is 2.07. The van der Waals surface area contributed by atoms with Crippen molar-refractivity contribution in [3.05, 3.63) is 30.3 Å². The molecule has 86 valence electrons. The number of rotatable bonds is 5. The predicted molar refractivity (Wildman–Crippen MR) is 66.8 cm³/mol. The number of nitrogens with zero attached hydrogens (tertiary/aromatic N) is 1. The third-order valence-corrected chi connectivity index (χ3v) is 2.09. The summed E-state index contributed by atoms with van der Waals surface area (Å²) < 4.78 is 10.3. The van der Waals surface area contributed by atoms with E-state index in [1.807, 2.05) is 25.1 Å². The number of hydrogen-bond acceptors (Lipinski definition) is 4. The highest BCUT2D eigenvalue weighted by molar-refractivity contribution is 5.73. The van der Waals surface area contributed by atoms with E-state index < -0.39 is 0 Å². The van der Waals surface area contributed by atoms with Gasteiger partial charge in [-0.3, -0.25) is 5.43 Å². The van der Waals surface area contributed by atoms with E-state index in [1.54, 1.807) is 20.4 Å². The van der Waals surface area contributed by atoms with Crippen LogP contribution in [0.2, 0.25) is 0 Å². The van der Waals surface area contributed by atoms with E-state index in [-0.39, 0.29) is 0 Å². The number of methoxy groups -OCH3 is 2. The molecule has 4 heteroatoms. The van der Waals surface area contributed by atoms with Crippen LogP contribution in [0.4, 0.5) is 5.69 Å². The van der Waals surface area contributed by atoms with Crippen molar-refractivity contribution < 1.29 is 9.47 Å². The summed E-state index contributed by atoms with van der Waals surface area (Å²) >= 11 is 0. The third kappa shape index (κ3) is 2.76. The molecule has 0 bridgehead atoms.